The van der Waals surface area contributed by atoms with E-state index in [0.717, 1.165) is 32.2 Å². The third kappa shape index (κ3) is 2.98. The first-order valence-corrected chi connectivity index (χ1v) is 8.08. The maximum Gasteiger partial charge on any atom is 0.227 e. The Kier molecular flexibility index (Phi) is 4.72. The highest BCUT2D eigenvalue weighted by Crippen LogP contribution is 2.48. The number of carbonyl (C=O) groups is 1. The van der Waals surface area contributed by atoms with E-state index in [0.29, 0.717) is 6.54 Å². The van der Waals surface area contributed by atoms with Gasteiger partial charge in [-0.25, -0.2) is 0 Å². The molecule has 3 nitrogen and oxygen atoms in total. The lowest BCUT2D eigenvalue weighted by Gasteiger charge is -2.30. The average Bonchev–Trinajstić information content (AvgIpc) is 3.29. The highest BCUT2D eigenvalue weighted by Gasteiger charge is 2.46. The van der Waals surface area contributed by atoms with Gasteiger partial charge in [0.25, 0.3) is 0 Å². The predicted molar refractivity (Wildman–Crippen MR) is 87.2 cm³/mol. The summed E-state index contributed by atoms with van der Waals surface area (Å²) in [6.07, 6.45) is 3.91. The summed E-state index contributed by atoms with van der Waals surface area (Å²) in [6, 6.07) is 8.51. The van der Waals surface area contributed by atoms with Crippen molar-refractivity contribution in [2.24, 2.45) is 11.1 Å². The molecule has 1 saturated carbocycles. The van der Waals surface area contributed by atoms with Crippen molar-refractivity contribution in [1.29, 1.82) is 0 Å². The molecule has 0 bridgehead atoms. The Hall–Kier alpha value is -1.35. The Labute approximate surface area is 128 Å². The van der Waals surface area contributed by atoms with Crippen molar-refractivity contribution in [3.05, 3.63) is 35.4 Å². The average molecular weight is 288 g/mol. The van der Waals surface area contributed by atoms with Crippen molar-refractivity contribution < 1.29 is 4.79 Å². The van der Waals surface area contributed by atoms with Gasteiger partial charge in [-0.3, -0.25) is 4.79 Å². The van der Waals surface area contributed by atoms with E-state index in [1.54, 1.807) is 0 Å². The first-order valence-electron chi connectivity index (χ1n) is 8.08. The van der Waals surface area contributed by atoms with E-state index in [1.807, 2.05) is 13.8 Å². The fourth-order valence-electron chi connectivity index (χ4n) is 3.25. The highest BCUT2D eigenvalue weighted by molar-refractivity contribution is 5.83. The van der Waals surface area contributed by atoms with Gasteiger partial charge in [0.1, 0.15) is 0 Å². The van der Waals surface area contributed by atoms with E-state index in [4.69, 9.17) is 5.73 Å². The van der Waals surface area contributed by atoms with Crippen LogP contribution in [0.5, 0.6) is 0 Å². The van der Waals surface area contributed by atoms with Crippen molar-refractivity contribution in [2.75, 3.05) is 13.1 Å². The van der Waals surface area contributed by atoms with Gasteiger partial charge in [-0.05, 0) is 43.7 Å². The molecule has 3 heteroatoms. The molecule has 1 aliphatic rings. The molecule has 3 N–H and O–H groups in total. The molecule has 1 amide bonds. The minimum Gasteiger partial charge on any atom is -0.355 e. The largest absolute Gasteiger partial charge is 0.355 e. The van der Waals surface area contributed by atoms with Crippen molar-refractivity contribution >= 4 is 5.91 Å². The van der Waals surface area contributed by atoms with Crippen LogP contribution in [0.1, 0.15) is 50.7 Å². The minimum atomic E-state index is -0.401. The van der Waals surface area contributed by atoms with Gasteiger partial charge in [-0.2, -0.15) is 0 Å². The van der Waals surface area contributed by atoms with Crippen LogP contribution in [0.25, 0.3) is 0 Å². The molecule has 0 spiro atoms. The Balaban J connectivity index is 2.06. The molecule has 0 saturated heterocycles. The lowest BCUT2D eigenvalue weighted by Crippen LogP contribution is -2.47. The number of amides is 1. The Morgan fingerprint density at radius 2 is 1.90 bits per heavy atom. The lowest BCUT2D eigenvalue weighted by molar-refractivity contribution is -0.131. The minimum absolute atomic E-state index is 0.120. The SMILES string of the molecule is CCC(CC)(CN)C(=O)NCC1(c2ccccc2C)CC1. The number of nitrogens with two attached hydrogens (primary N) is 1. The molecular formula is C18H28N2O. The smallest absolute Gasteiger partial charge is 0.227 e. The zero-order chi connectivity index (χ0) is 15.5. The predicted octanol–water partition coefficient (Wildman–Crippen LogP) is 2.91. The highest BCUT2D eigenvalue weighted by atomic mass is 16.2. The Morgan fingerprint density at radius 1 is 1.29 bits per heavy atom. The normalized spacial score (nSPS) is 16.6. The number of aryl methyl sites for hydroxylation is 1. The molecule has 1 aliphatic carbocycles. The summed E-state index contributed by atoms with van der Waals surface area (Å²) in [4.78, 5) is 12.6. The zero-order valence-corrected chi connectivity index (χ0v) is 13.5. The summed E-state index contributed by atoms with van der Waals surface area (Å²) >= 11 is 0. The molecule has 0 aliphatic heterocycles. The molecule has 0 atom stereocenters. The molecule has 1 aromatic rings. The van der Waals surface area contributed by atoms with Gasteiger partial charge in [0.05, 0.1) is 5.41 Å². The number of hydrogen-bond acceptors (Lipinski definition) is 2. The van der Waals surface area contributed by atoms with Crippen molar-refractivity contribution in [3.8, 4) is 0 Å². The van der Waals surface area contributed by atoms with Crippen LogP contribution in [0.4, 0.5) is 0 Å². The number of benzene rings is 1. The molecule has 21 heavy (non-hydrogen) atoms. The van der Waals surface area contributed by atoms with E-state index >= 15 is 0 Å². The van der Waals surface area contributed by atoms with Crippen LogP contribution >= 0.6 is 0 Å². The molecule has 1 fully saturated rings. The van der Waals surface area contributed by atoms with Gasteiger partial charge in [0, 0.05) is 18.5 Å². The quantitative estimate of drug-likeness (QED) is 0.810. The van der Waals surface area contributed by atoms with Crippen molar-refractivity contribution in [2.45, 2.75) is 51.9 Å². The van der Waals surface area contributed by atoms with Crippen LogP contribution in [0, 0.1) is 12.3 Å². The van der Waals surface area contributed by atoms with Gasteiger partial charge in [0.15, 0.2) is 0 Å². The fraction of sp³-hybridized carbons (Fsp3) is 0.611. The molecule has 0 radical (unpaired) electrons. The fourth-order valence-corrected chi connectivity index (χ4v) is 3.25. The third-order valence-corrected chi connectivity index (χ3v) is 5.38. The van der Waals surface area contributed by atoms with E-state index in [-0.39, 0.29) is 11.3 Å². The van der Waals surface area contributed by atoms with Crippen LogP contribution in [0.2, 0.25) is 0 Å². The van der Waals surface area contributed by atoms with Gasteiger partial charge in [-0.15, -0.1) is 0 Å². The summed E-state index contributed by atoms with van der Waals surface area (Å²) < 4.78 is 0. The van der Waals surface area contributed by atoms with Crippen LogP contribution in [-0.2, 0) is 10.2 Å². The monoisotopic (exact) mass is 288 g/mol. The topological polar surface area (TPSA) is 55.1 Å². The zero-order valence-electron chi connectivity index (χ0n) is 13.5. The number of rotatable bonds is 7. The van der Waals surface area contributed by atoms with Crippen LogP contribution in [0.15, 0.2) is 24.3 Å². The van der Waals surface area contributed by atoms with Gasteiger partial charge in [-0.1, -0.05) is 38.1 Å². The molecule has 0 unspecified atom stereocenters. The lowest BCUT2D eigenvalue weighted by atomic mass is 9.81. The first-order chi connectivity index (χ1) is 10.0. The maximum atomic E-state index is 12.6. The first kappa shape index (κ1) is 16.0. The summed E-state index contributed by atoms with van der Waals surface area (Å²) in [5, 5.41) is 3.19. The second-order valence-corrected chi connectivity index (χ2v) is 6.47. The molecule has 2 rings (SSSR count). The van der Waals surface area contributed by atoms with E-state index in [1.165, 1.54) is 11.1 Å². The number of hydrogen-bond donors (Lipinski definition) is 2. The van der Waals surface area contributed by atoms with Gasteiger partial charge < -0.3 is 11.1 Å². The molecule has 0 heterocycles. The molecule has 116 valence electrons. The van der Waals surface area contributed by atoms with Crippen LogP contribution in [0.3, 0.4) is 0 Å². The van der Waals surface area contributed by atoms with E-state index < -0.39 is 5.41 Å². The van der Waals surface area contributed by atoms with Gasteiger partial charge in [0.2, 0.25) is 5.91 Å². The Morgan fingerprint density at radius 3 is 2.38 bits per heavy atom. The summed E-state index contributed by atoms with van der Waals surface area (Å²) in [5.74, 6) is 0.120. The van der Waals surface area contributed by atoms with E-state index in [9.17, 15) is 4.79 Å². The van der Waals surface area contributed by atoms with Crippen molar-refractivity contribution in [1.82, 2.24) is 5.32 Å². The van der Waals surface area contributed by atoms with E-state index in [2.05, 4.69) is 36.5 Å². The number of carbonyl (C=O) groups excluding carboxylic acids is 1. The summed E-state index contributed by atoms with van der Waals surface area (Å²) in [5.41, 5.74) is 8.32. The molecule has 1 aromatic carbocycles. The Bertz CT molecular complexity index is 493. The summed E-state index contributed by atoms with van der Waals surface area (Å²) in [7, 11) is 0. The maximum absolute atomic E-state index is 12.6. The number of nitrogens with one attached hydrogen (secondary N) is 1. The van der Waals surface area contributed by atoms with Crippen LogP contribution < -0.4 is 11.1 Å². The second kappa shape index (κ2) is 6.18. The van der Waals surface area contributed by atoms with Crippen LogP contribution in [-0.4, -0.2) is 19.0 Å². The third-order valence-electron chi connectivity index (χ3n) is 5.38. The van der Waals surface area contributed by atoms with Gasteiger partial charge >= 0.3 is 0 Å². The standard InChI is InChI=1S/C18H28N2O/c1-4-17(5-2,12-19)16(21)20-13-18(10-11-18)15-9-7-6-8-14(15)3/h6-9H,4-5,10-13,19H2,1-3H3,(H,20,21). The molecule has 0 aromatic heterocycles. The molecular weight excluding hydrogens is 260 g/mol. The summed E-state index contributed by atoms with van der Waals surface area (Å²) in [6.45, 7) is 7.40. The van der Waals surface area contributed by atoms with Crippen molar-refractivity contribution in [3.63, 3.8) is 0 Å². The second-order valence-electron chi connectivity index (χ2n) is 6.47.